The van der Waals surface area contributed by atoms with Crippen LogP contribution in [0.3, 0.4) is 0 Å². The van der Waals surface area contributed by atoms with E-state index in [1.807, 2.05) is 11.9 Å². The van der Waals surface area contributed by atoms with Gasteiger partial charge in [0.05, 0.1) is 17.3 Å². The van der Waals surface area contributed by atoms with Gasteiger partial charge in [-0.1, -0.05) is 11.6 Å². The zero-order valence-electron chi connectivity index (χ0n) is 10.8. The summed E-state index contributed by atoms with van der Waals surface area (Å²) in [5, 5.41) is 3.50. The molecule has 7 heteroatoms. The van der Waals surface area contributed by atoms with Crippen LogP contribution in [0.1, 0.15) is 18.5 Å². The van der Waals surface area contributed by atoms with Gasteiger partial charge in [0, 0.05) is 12.6 Å². The molecule has 0 unspecified atom stereocenters. The number of pyridine rings is 1. The maximum Gasteiger partial charge on any atom is 0.234 e. The van der Waals surface area contributed by atoms with Crippen molar-refractivity contribution in [2.45, 2.75) is 25.4 Å². The highest BCUT2D eigenvalue weighted by Crippen LogP contribution is 2.19. The topological polar surface area (TPSA) is 83.3 Å². The maximum absolute atomic E-state index is 11.7. The minimum Gasteiger partial charge on any atom is -0.352 e. The third-order valence-electron chi connectivity index (χ3n) is 2.84. The summed E-state index contributed by atoms with van der Waals surface area (Å²) >= 11 is 6.07. The largest absolute Gasteiger partial charge is 0.352 e. The fraction of sp³-hybridized carbons (Fsp3) is 0.500. The van der Waals surface area contributed by atoms with Gasteiger partial charge in [0.25, 0.3) is 0 Å². The highest BCUT2D eigenvalue weighted by Gasteiger charge is 2.23. The molecule has 1 heterocycles. The molecule has 1 saturated carbocycles. The van der Waals surface area contributed by atoms with E-state index in [0.717, 1.165) is 12.8 Å². The Kier molecular flexibility index (Phi) is 4.57. The van der Waals surface area contributed by atoms with Crippen LogP contribution in [0.4, 0.5) is 5.82 Å². The Morgan fingerprint density at radius 1 is 1.58 bits per heavy atom. The van der Waals surface area contributed by atoms with Crippen molar-refractivity contribution in [3.05, 3.63) is 22.8 Å². The molecule has 0 atom stereocenters. The van der Waals surface area contributed by atoms with Crippen molar-refractivity contribution in [1.29, 1.82) is 0 Å². The number of nitrogens with zero attached hydrogens (tertiary/aromatic N) is 2. The monoisotopic (exact) mass is 283 g/mol. The van der Waals surface area contributed by atoms with Crippen molar-refractivity contribution in [2.24, 2.45) is 5.84 Å². The standard InChI is InChI=1S/C12H18ClN5O/c1-18(7-12(19)15-8-2-3-8)6-10-9(13)4-5-11(16-10)17-14/h4-5,8H,2-3,6-7,14H2,1H3,(H,15,19)(H,16,17). The van der Waals surface area contributed by atoms with Crippen LogP contribution in [0.15, 0.2) is 12.1 Å². The van der Waals surface area contributed by atoms with Gasteiger partial charge in [-0.3, -0.25) is 9.69 Å². The van der Waals surface area contributed by atoms with E-state index in [1.54, 1.807) is 12.1 Å². The zero-order valence-corrected chi connectivity index (χ0v) is 11.6. The van der Waals surface area contributed by atoms with Crippen LogP contribution in [0, 0.1) is 0 Å². The van der Waals surface area contributed by atoms with E-state index < -0.39 is 0 Å². The molecule has 4 N–H and O–H groups in total. The first kappa shape index (κ1) is 14.0. The Bertz CT molecular complexity index is 463. The molecule has 1 amide bonds. The van der Waals surface area contributed by atoms with Crippen molar-refractivity contribution in [3.63, 3.8) is 0 Å². The van der Waals surface area contributed by atoms with Crippen LogP contribution < -0.4 is 16.6 Å². The number of hydrazine groups is 1. The molecule has 1 aliphatic rings. The van der Waals surface area contributed by atoms with Crippen molar-refractivity contribution in [1.82, 2.24) is 15.2 Å². The van der Waals surface area contributed by atoms with Crippen molar-refractivity contribution in [3.8, 4) is 0 Å². The summed E-state index contributed by atoms with van der Waals surface area (Å²) in [6.45, 7) is 0.821. The molecule has 1 aromatic heterocycles. The number of carbonyl (C=O) groups is 1. The lowest BCUT2D eigenvalue weighted by Crippen LogP contribution is -2.36. The van der Waals surface area contributed by atoms with E-state index in [9.17, 15) is 4.79 Å². The number of rotatable bonds is 6. The molecule has 0 aromatic carbocycles. The summed E-state index contributed by atoms with van der Waals surface area (Å²) in [4.78, 5) is 17.8. The second-order valence-electron chi connectivity index (χ2n) is 4.78. The first-order chi connectivity index (χ1) is 9.08. The van der Waals surface area contributed by atoms with Crippen molar-refractivity contribution in [2.75, 3.05) is 19.0 Å². The minimum absolute atomic E-state index is 0.0363. The number of nitrogen functional groups attached to an aromatic ring is 1. The second kappa shape index (κ2) is 6.18. The van der Waals surface area contributed by atoms with Gasteiger partial charge in [-0.15, -0.1) is 0 Å². The Morgan fingerprint density at radius 3 is 2.95 bits per heavy atom. The summed E-state index contributed by atoms with van der Waals surface area (Å²) in [5.74, 6) is 5.90. The number of nitrogens with two attached hydrogens (primary N) is 1. The molecule has 6 nitrogen and oxygen atoms in total. The predicted octanol–water partition coefficient (Wildman–Crippen LogP) is 0.731. The summed E-state index contributed by atoms with van der Waals surface area (Å²) in [7, 11) is 1.85. The molecular formula is C12H18ClN5O. The average Bonchev–Trinajstić information content (AvgIpc) is 3.15. The molecule has 1 aromatic rings. The van der Waals surface area contributed by atoms with Gasteiger partial charge >= 0.3 is 0 Å². The molecule has 1 fully saturated rings. The lowest BCUT2D eigenvalue weighted by Gasteiger charge is -2.17. The predicted molar refractivity (Wildman–Crippen MR) is 74.6 cm³/mol. The number of hydrogen-bond donors (Lipinski definition) is 3. The molecule has 0 spiro atoms. The SMILES string of the molecule is CN(CC(=O)NC1CC1)Cc1nc(NN)ccc1Cl. The number of halogens is 1. The number of aromatic nitrogens is 1. The van der Waals surface area contributed by atoms with Crippen LogP contribution in [0.25, 0.3) is 0 Å². The molecule has 2 rings (SSSR count). The van der Waals surface area contributed by atoms with Crippen LogP contribution in [-0.2, 0) is 11.3 Å². The Morgan fingerprint density at radius 2 is 2.32 bits per heavy atom. The summed E-state index contributed by atoms with van der Waals surface area (Å²) in [6.07, 6.45) is 2.18. The third-order valence-corrected chi connectivity index (χ3v) is 3.19. The lowest BCUT2D eigenvalue weighted by atomic mass is 10.3. The summed E-state index contributed by atoms with van der Waals surface area (Å²) in [6, 6.07) is 3.82. The number of amides is 1. The van der Waals surface area contributed by atoms with E-state index in [0.29, 0.717) is 35.7 Å². The summed E-state index contributed by atoms with van der Waals surface area (Å²) < 4.78 is 0. The first-order valence-corrected chi connectivity index (χ1v) is 6.56. The van der Waals surface area contributed by atoms with Gasteiger partial charge in [-0.25, -0.2) is 10.8 Å². The molecule has 0 saturated heterocycles. The number of nitrogens with one attached hydrogen (secondary N) is 2. The van der Waals surface area contributed by atoms with E-state index in [1.165, 1.54) is 0 Å². The molecule has 0 radical (unpaired) electrons. The molecule has 19 heavy (non-hydrogen) atoms. The lowest BCUT2D eigenvalue weighted by molar-refractivity contribution is -0.122. The van der Waals surface area contributed by atoms with E-state index in [2.05, 4.69) is 15.7 Å². The number of anilines is 1. The zero-order chi connectivity index (χ0) is 13.8. The number of hydrogen-bond acceptors (Lipinski definition) is 5. The average molecular weight is 284 g/mol. The fourth-order valence-corrected chi connectivity index (χ4v) is 1.90. The van der Waals surface area contributed by atoms with Crippen LogP contribution in [-0.4, -0.2) is 35.4 Å². The maximum atomic E-state index is 11.7. The van der Waals surface area contributed by atoms with Crippen molar-refractivity contribution >= 4 is 23.3 Å². The van der Waals surface area contributed by atoms with Gasteiger partial charge in [0.2, 0.25) is 5.91 Å². The minimum atomic E-state index is 0.0363. The quantitative estimate of drug-likeness (QED) is 0.530. The highest BCUT2D eigenvalue weighted by molar-refractivity contribution is 6.31. The molecule has 0 aliphatic heterocycles. The van der Waals surface area contributed by atoms with Crippen molar-refractivity contribution < 1.29 is 4.79 Å². The normalized spacial score (nSPS) is 14.5. The highest BCUT2D eigenvalue weighted by atomic mass is 35.5. The second-order valence-corrected chi connectivity index (χ2v) is 5.19. The van der Waals surface area contributed by atoms with Crippen LogP contribution in [0.5, 0.6) is 0 Å². The number of carbonyl (C=O) groups excluding carboxylic acids is 1. The molecule has 104 valence electrons. The first-order valence-electron chi connectivity index (χ1n) is 6.18. The summed E-state index contributed by atoms with van der Waals surface area (Å²) in [5.41, 5.74) is 3.17. The van der Waals surface area contributed by atoms with E-state index in [-0.39, 0.29) is 5.91 Å². The molecule has 0 bridgehead atoms. The van der Waals surface area contributed by atoms with Gasteiger partial charge < -0.3 is 10.7 Å². The van der Waals surface area contributed by atoms with Gasteiger partial charge in [0.15, 0.2) is 0 Å². The fourth-order valence-electron chi connectivity index (χ4n) is 1.73. The van der Waals surface area contributed by atoms with Gasteiger partial charge in [-0.2, -0.15) is 0 Å². The van der Waals surface area contributed by atoms with E-state index in [4.69, 9.17) is 17.4 Å². The van der Waals surface area contributed by atoms with Gasteiger partial charge in [-0.05, 0) is 32.0 Å². The Balaban J connectivity index is 1.89. The smallest absolute Gasteiger partial charge is 0.234 e. The van der Waals surface area contributed by atoms with Crippen LogP contribution in [0.2, 0.25) is 5.02 Å². The van der Waals surface area contributed by atoms with E-state index >= 15 is 0 Å². The molecule has 1 aliphatic carbocycles. The Labute approximate surface area is 117 Å². The number of likely N-dealkylation sites (N-methyl/N-ethyl adjacent to an activating group) is 1. The Hall–Kier alpha value is -1.37. The third kappa shape index (κ3) is 4.34. The van der Waals surface area contributed by atoms with Crippen LogP contribution >= 0.6 is 11.6 Å². The molecular weight excluding hydrogens is 266 g/mol. The van der Waals surface area contributed by atoms with Gasteiger partial charge in [0.1, 0.15) is 5.82 Å².